The van der Waals surface area contributed by atoms with Crippen molar-refractivity contribution in [2.24, 2.45) is 0 Å². The Morgan fingerprint density at radius 3 is 2.67 bits per heavy atom. The summed E-state index contributed by atoms with van der Waals surface area (Å²) in [4.78, 5) is 20.8. The van der Waals surface area contributed by atoms with Gasteiger partial charge in [0.05, 0.1) is 0 Å². The molecule has 0 bridgehead atoms. The van der Waals surface area contributed by atoms with Crippen LogP contribution in [0.5, 0.6) is 0 Å². The molecule has 1 amide bonds. The Morgan fingerprint density at radius 1 is 1.38 bits per heavy atom. The zero-order valence-corrected chi connectivity index (χ0v) is 13.2. The minimum Gasteiger partial charge on any atom is -0.336 e. The highest BCUT2D eigenvalue weighted by molar-refractivity contribution is 5.92. The van der Waals surface area contributed by atoms with Gasteiger partial charge in [0.2, 0.25) is 5.91 Å². The molecule has 2 rings (SSSR count). The van der Waals surface area contributed by atoms with Crippen molar-refractivity contribution in [3.63, 3.8) is 0 Å². The third-order valence-corrected chi connectivity index (χ3v) is 4.16. The van der Waals surface area contributed by atoms with Crippen LogP contribution in [-0.4, -0.2) is 46.9 Å². The molecular weight excluding hydrogens is 262 g/mol. The highest BCUT2D eigenvalue weighted by atomic mass is 16.2. The van der Waals surface area contributed by atoms with Crippen LogP contribution in [0.1, 0.15) is 38.8 Å². The number of rotatable bonds is 4. The Bertz CT molecular complexity index is 490. The van der Waals surface area contributed by atoms with Crippen LogP contribution < -0.4 is 0 Å². The molecule has 1 aromatic heterocycles. The largest absolute Gasteiger partial charge is 0.336 e. The molecule has 1 aromatic rings. The first-order valence-electron chi connectivity index (χ1n) is 7.73. The van der Waals surface area contributed by atoms with Gasteiger partial charge in [-0.05, 0) is 31.9 Å². The van der Waals surface area contributed by atoms with Crippen molar-refractivity contribution in [3.8, 4) is 0 Å². The van der Waals surface area contributed by atoms with Crippen LogP contribution in [0.2, 0.25) is 0 Å². The van der Waals surface area contributed by atoms with E-state index in [-0.39, 0.29) is 5.91 Å². The summed E-state index contributed by atoms with van der Waals surface area (Å²) in [6.07, 6.45) is 6.65. The first-order chi connectivity index (χ1) is 10.1. The van der Waals surface area contributed by atoms with Gasteiger partial charge in [0.1, 0.15) is 0 Å². The second-order valence-electron chi connectivity index (χ2n) is 5.59. The maximum atomic E-state index is 12.3. The zero-order valence-electron chi connectivity index (χ0n) is 13.2. The minimum absolute atomic E-state index is 0.186. The number of pyridine rings is 1. The predicted molar refractivity (Wildman–Crippen MR) is 84.9 cm³/mol. The van der Waals surface area contributed by atoms with Crippen LogP contribution >= 0.6 is 0 Å². The monoisotopic (exact) mass is 287 g/mol. The summed E-state index contributed by atoms with van der Waals surface area (Å²) >= 11 is 0. The summed E-state index contributed by atoms with van der Waals surface area (Å²) in [6, 6.07) is 4.44. The van der Waals surface area contributed by atoms with Crippen molar-refractivity contribution in [3.05, 3.63) is 41.7 Å². The number of hydrogen-bond acceptors (Lipinski definition) is 3. The van der Waals surface area contributed by atoms with Gasteiger partial charge in [-0.15, -0.1) is 0 Å². The first kappa shape index (κ1) is 15.7. The lowest BCUT2D eigenvalue weighted by atomic mass is 10.1. The Morgan fingerprint density at radius 2 is 2.10 bits per heavy atom. The summed E-state index contributed by atoms with van der Waals surface area (Å²) in [5, 5.41) is 0. The normalized spacial score (nSPS) is 18.6. The highest BCUT2D eigenvalue weighted by Gasteiger charge is 2.25. The van der Waals surface area contributed by atoms with Gasteiger partial charge in [-0.2, -0.15) is 0 Å². The Hall–Kier alpha value is -1.68. The van der Waals surface area contributed by atoms with Crippen molar-refractivity contribution in [1.82, 2.24) is 14.8 Å². The average Bonchev–Trinajstić information content (AvgIpc) is 2.54. The standard InChI is InChI=1S/C17H25N3O/c1-4-6-14(2)17(21)20-11-9-19(10-12-20)15(3)16-7-5-8-18-13-16/h5-8,13,15H,4,9-12H2,1-3H3/b14-6-/t15-/m1/s1. The van der Waals surface area contributed by atoms with Crippen molar-refractivity contribution < 1.29 is 4.79 Å². The lowest BCUT2D eigenvalue weighted by Gasteiger charge is -2.38. The Kier molecular flexibility index (Phi) is 5.51. The molecule has 0 saturated carbocycles. The minimum atomic E-state index is 0.186. The molecule has 0 N–H and O–H groups in total. The molecular formula is C17H25N3O. The van der Waals surface area contributed by atoms with E-state index in [9.17, 15) is 4.79 Å². The molecule has 2 heterocycles. The van der Waals surface area contributed by atoms with Gasteiger partial charge in [0.15, 0.2) is 0 Å². The van der Waals surface area contributed by atoms with Gasteiger partial charge in [-0.25, -0.2) is 0 Å². The van der Waals surface area contributed by atoms with E-state index in [4.69, 9.17) is 0 Å². The second kappa shape index (κ2) is 7.36. The third kappa shape index (κ3) is 3.91. The van der Waals surface area contributed by atoms with E-state index < -0.39 is 0 Å². The fraction of sp³-hybridized carbons (Fsp3) is 0.529. The van der Waals surface area contributed by atoms with Crippen LogP contribution in [0.25, 0.3) is 0 Å². The topological polar surface area (TPSA) is 36.4 Å². The molecule has 21 heavy (non-hydrogen) atoms. The molecule has 0 radical (unpaired) electrons. The summed E-state index contributed by atoms with van der Waals surface area (Å²) in [6.45, 7) is 9.62. The van der Waals surface area contributed by atoms with E-state index in [0.29, 0.717) is 6.04 Å². The van der Waals surface area contributed by atoms with E-state index >= 15 is 0 Å². The second-order valence-corrected chi connectivity index (χ2v) is 5.59. The molecule has 1 aliphatic rings. The van der Waals surface area contributed by atoms with Crippen molar-refractivity contribution in [2.75, 3.05) is 26.2 Å². The number of amides is 1. The van der Waals surface area contributed by atoms with E-state index in [1.807, 2.05) is 30.2 Å². The van der Waals surface area contributed by atoms with Crippen LogP contribution in [-0.2, 0) is 4.79 Å². The lowest BCUT2D eigenvalue weighted by molar-refractivity contribution is -0.129. The fourth-order valence-electron chi connectivity index (χ4n) is 2.79. The molecule has 1 atom stereocenters. The number of carbonyl (C=O) groups is 1. The number of piperazine rings is 1. The maximum Gasteiger partial charge on any atom is 0.249 e. The summed E-state index contributed by atoms with van der Waals surface area (Å²) < 4.78 is 0. The van der Waals surface area contributed by atoms with Crippen LogP contribution in [0.15, 0.2) is 36.2 Å². The molecule has 114 valence electrons. The predicted octanol–water partition coefficient (Wildman–Crippen LogP) is 2.64. The van der Waals surface area contributed by atoms with Crippen molar-refractivity contribution in [2.45, 2.75) is 33.2 Å². The Balaban J connectivity index is 1.91. The third-order valence-electron chi connectivity index (χ3n) is 4.16. The number of hydrogen-bond donors (Lipinski definition) is 0. The molecule has 4 nitrogen and oxygen atoms in total. The van der Waals surface area contributed by atoms with Gasteiger partial charge < -0.3 is 4.90 Å². The van der Waals surface area contributed by atoms with Crippen LogP contribution in [0.4, 0.5) is 0 Å². The average molecular weight is 287 g/mol. The molecule has 0 aromatic carbocycles. The van der Waals surface area contributed by atoms with Gasteiger partial charge in [-0.3, -0.25) is 14.7 Å². The number of nitrogens with zero attached hydrogens (tertiary/aromatic N) is 3. The number of aromatic nitrogens is 1. The van der Waals surface area contributed by atoms with Crippen molar-refractivity contribution >= 4 is 5.91 Å². The zero-order chi connectivity index (χ0) is 15.2. The fourth-order valence-corrected chi connectivity index (χ4v) is 2.79. The van der Waals surface area contributed by atoms with Gasteiger partial charge >= 0.3 is 0 Å². The quantitative estimate of drug-likeness (QED) is 0.799. The molecule has 4 heteroatoms. The van der Waals surface area contributed by atoms with Crippen LogP contribution in [0, 0.1) is 0 Å². The van der Waals surface area contributed by atoms with Gasteiger partial charge in [0.25, 0.3) is 0 Å². The first-order valence-corrected chi connectivity index (χ1v) is 7.73. The lowest BCUT2D eigenvalue weighted by Crippen LogP contribution is -2.49. The van der Waals surface area contributed by atoms with E-state index in [0.717, 1.165) is 38.2 Å². The Labute approximate surface area is 127 Å². The van der Waals surface area contributed by atoms with Gasteiger partial charge in [-0.1, -0.05) is 19.1 Å². The highest BCUT2D eigenvalue weighted by Crippen LogP contribution is 2.21. The summed E-state index contributed by atoms with van der Waals surface area (Å²) in [5.74, 6) is 0.186. The van der Waals surface area contributed by atoms with E-state index in [2.05, 4.69) is 29.8 Å². The van der Waals surface area contributed by atoms with Gasteiger partial charge in [0, 0.05) is 50.2 Å². The van der Waals surface area contributed by atoms with E-state index in [1.54, 1.807) is 6.20 Å². The number of carbonyl (C=O) groups excluding carboxylic acids is 1. The smallest absolute Gasteiger partial charge is 0.249 e. The molecule has 0 spiro atoms. The molecule has 1 aliphatic heterocycles. The molecule has 1 fully saturated rings. The molecule has 0 aliphatic carbocycles. The van der Waals surface area contributed by atoms with E-state index in [1.165, 1.54) is 5.56 Å². The summed E-state index contributed by atoms with van der Waals surface area (Å²) in [5.41, 5.74) is 2.10. The number of allylic oxidation sites excluding steroid dienone is 1. The SMILES string of the molecule is CC/C=C(/C)C(=O)N1CCN([C@H](C)c2cccnc2)CC1. The molecule has 0 unspecified atom stereocenters. The summed E-state index contributed by atoms with van der Waals surface area (Å²) in [7, 11) is 0. The maximum absolute atomic E-state index is 12.3. The molecule has 1 saturated heterocycles. The van der Waals surface area contributed by atoms with Crippen molar-refractivity contribution in [1.29, 1.82) is 0 Å². The van der Waals surface area contributed by atoms with Crippen LogP contribution in [0.3, 0.4) is 0 Å².